The molecule has 2 nitrogen and oxygen atoms in total. The molecule has 1 saturated heterocycles. The van der Waals surface area contributed by atoms with Crippen molar-refractivity contribution < 1.29 is 5.11 Å². The number of fused-ring (bicyclic) bond motifs is 1. The fourth-order valence-electron chi connectivity index (χ4n) is 5.47. The molecule has 0 aromatic heterocycles. The first-order valence-electron chi connectivity index (χ1n) is 8.42. The van der Waals surface area contributed by atoms with Crippen LogP contribution in [0.5, 0.6) is 5.75 Å². The van der Waals surface area contributed by atoms with Gasteiger partial charge in [-0.05, 0) is 61.4 Å². The Morgan fingerprint density at radius 2 is 2.24 bits per heavy atom. The normalized spacial score (nSPS) is 34.9. The van der Waals surface area contributed by atoms with Crippen LogP contribution in [-0.4, -0.2) is 29.1 Å². The molecule has 0 radical (unpaired) electrons. The van der Waals surface area contributed by atoms with Crippen LogP contribution in [0.4, 0.5) is 0 Å². The molecular weight excluding hydrogens is 258 g/mol. The molecule has 3 aliphatic rings. The largest absolute Gasteiger partial charge is 0.508 e. The third-order valence-electron chi connectivity index (χ3n) is 6.30. The highest BCUT2D eigenvalue weighted by molar-refractivity contribution is 5.45. The predicted molar refractivity (Wildman–Crippen MR) is 85.6 cm³/mol. The number of hydrogen-bond donors (Lipinski definition) is 1. The van der Waals surface area contributed by atoms with E-state index in [-0.39, 0.29) is 0 Å². The van der Waals surface area contributed by atoms with Gasteiger partial charge in [0.05, 0.1) is 0 Å². The molecule has 4 rings (SSSR count). The second kappa shape index (κ2) is 4.88. The van der Waals surface area contributed by atoms with Crippen molar-refractivity contribution in [2.45, 2.75) is 50.0 Å². The molecular formula is C19H25NO. The van der Waals surface area contributed by atoms with Crippen LogP contribution in [-0.2, 0) is 11.8 Å². The Bertz CT molecular complexity index is 567. The molecule has 1 N–H and O–H groups in total. The number of likely N-dealkylation sites (tertiary alicyclic amines) is 1. The Morgan fingerprint density at radius 1 is 1.33 bits per heavy atom. The van der Waals surface area contributed by atoms with Gasteiger partial charge in [0.25, 0.3) is 0 Å². The maximum Gasteiger partial charge on any atom is 0.115 e. The highest BCUT2D eigenvalue weighted by atomic mass is 16.3. The summed E-state index contributed by atoms with van der Waals surface area (Å²) in [4.78, 5) is 2.65. The summed E-state index contributed by atoms with van der Waals surface area (Å²) in [6.45, 7) is 6.15. The number of hydrogen-bond acceptors (Lipinski definition) is 2. The summed E-state index contributed by atoms with van der Waals surface area (Å²) in [5, 5.41) is 9.98. The van der Waals surface area contributed by atoms with Crippen LogP contribution >= 0.6 is 0 Å². The van der Waals surface area contributed by atoms with Crippen LogP contribution in [0.25, 0.3) is 0 Å². The van der Waals surface area contributed by atoms with Crippen molar-refractivity contribution in [3.63, 3.8) is 0 Å². The quantitative estimate of drug-likeness (QED) is 0.838. The van der Waals surface area contributed by atoms with Crippen LogP contribution in [0.3, 0.4) is 0 Å². The molecule has 2 fully saturated rings. The summed E-state index contributed by atoms with van der Waals surface area (Å²) in [6.07, 6.45) is 9.84. The van der Waals surface area contributed by atoms with E-state index in [4.69, 9.17) is 0 Å². The van der Waals surface area contributed by atoms with Crippen molar-refractivity contribution in [3.8, 4) is 5.75 Å². The molecule has 112 valence electrons. The number of piperidine rings is 1. The van der Waals surface area contributed by atoms with Crippen molar-refractivity contribution >= 4 is 0 Å². The zero-order chi connectivity index (χ0) is 14.4. The van der Waals surface area contributed by atoms with E-state index in [2.05, 4.69) is 29.7 Å². The third kappa shape index (κ3) is 1.88. The minimum atomic E-state index is 0.340. The summed E-state index contributed by atoms with van der Waals surface area (Å²) in [5.41, 5.74) is 3.29. The van der Waals surface area contributed by atoms with E-state index in [1.807, 2.05) is 6.07 Å². The van der Waals surface area contributed by atoms with E-state index < -0.39 is 0 Å². The lowest BCUT2D eigenvalue weighted by Gasteiger charge is -2.59. The van der Waals surface area contributed by atoms with Crippen molar-refractivity contribution in [1.82, 2.24) is 4.90 Å². The molecule has 1 saturated carbocycles. The maximum atomic E-state index is 9.98. The Balaban J connectivity index is 1.83. The van der Waals surface area contributed by atoms with Crippen LogP contribution in [0, 0.1) is 5.92 Å². The third-order valence-corrected chi connectivity index (χ3v) is 6.30. The lowest BCUT2D eigenvalue weighted by atomic mass is 9.52. The first-order chi connectivity index (χ1) is 10.2. The fraction of sp³-hybridized carbons (Fsp3) is 0.579. The van der Waals surface area contributed by atoms with Gasteiger partial charge in [-0.1, -0.05) is 25.0 Å². The predicted octanol–water partition coefficient (Wildman–Crippen LogP) is 3.64. The second-order valence-electron chi connectivity index (χ2n) is 7.15. The Morgan fingerprint density at radius 3 is 3.10 bits per heavy atom. The van der Waals surface area contributed by atoms with Gasteiger partial charge in [-0.2, -0.15) is 0 Å². The van der Waals surface area contributed by atoms with Crippen LogP contribution in [0.2, 0.25) is 0 Å². The monoisotopic (exact) mass is 283 g/mol. The van der Waals surface area contributed by atoms with Gasteiger partial charge in [0.15, 0.2) is 0 Å². The number of nitrogens with zero attached hydrogens (tertiary/aromatic N) is 1. The number of phenols is 1. The smallest absolute Gasteiger partial charge is 0.115 e. The van der Waals surface area contributed by atoms with E-state index in [1.54, 1.807) is 0 Å². The van der Waals surface area contributed by atoms with Crippen molar-refractivity contribution in [2.75, 3.05) is 13.1 Å². The van der Waals surface area contributed by atoms with E-state index in [0.717, 1.165) is 18.9 Å². The van der Waals surface area contributed by atoms with Crippen LogP contribution in [0.15, 0.2) is 30.9 Å². The molecule has 0 amide bonds. The van der Waals surface area contributed by atoms with E-state index in [1.165, 1.54) is 49.8 Å². The molecule has 1 aromatic rings. The van der Waals surface area contributed by atoms with Gasteiger partial charge in [0.1, 0.15) is 5.75 Å². The average molecular weight is 283 g/mol. The van der Waals surface area contributed by atoms with E-state index in [0.29, 0.717) is 17.2 Å². The molecule has 0 spiro atoms. The fourth-order valence-corrected chi connectivity index (χ4v) is 5.47. The van der Waals surface area contributed by atoms with Gasteiger partial charge in [-0.15, -0.1) is 6.58 Å². The van der Waals surface area contributed by atoms with E-state index >= 15 is 0 Å². The Labute approximate surface area is 127 Å². The molecule has 3 atom stereocenters. The number of phenolic OH excluding ortho intramolecular Hbond substituents is 1. The summed E-state index contributed by atoms with van der Waals surface area (Å²) >= 11 is 0. The highest BCUT2D eigenvalue weighted by Gasteiger charge is 2.53. The summed E-state index contributed by atoms with van der Waals surface area (Å²) < 4.78 is 0. The SMILES string of the molecule is C=CCN1CC[C@]23CCCC[C@@H]2[C@H]1Cc1ccc(O)cc13. The minimum Gasteiger partial charge on any atom is -0.508 e. The number of rotatable bonds is 2. The van der Waals surface area contributed by atoms with Crippen LogP contribution < -0.4 is 0 Å². The Kier molecular flexibility index (Phi) is 3.11. The van der Waals surface area contributed by atoms with Crippen molar-refractivity contribution in [1.29, 1.82) is 0 Å². The van der Waals surface area contributed by atoms with Gasteiger partial charge in [-0.25, -0.2) is 0 Å². The van der Waals surface area contributed by atoms with E-state index in [9.17, 15) is 5.11 Å². The van der Waals surface area contributed by atoms with Gasteiger partial charge in [0.2, 0.25) is 0 Å². The molecule has 1 heterocycles. The van der Waals surface area contributed by atoms with Gasteiger partial charge in [-0.3, -0.25) is 4.90 Å². The Hall–Kier alpha value is -1.28. The molecule has 21 heavy (non-hydrogen) atoms. The van der Waals surface area contributed by atoms with Crippen LogP contribution in [0.1, 0.15) is 43.2 Å². The van der Waals surface area contributed by atoms with Gasteiger partial charge in [0, 0.05) is 18.0 Å². The molecule has 2 aliphatic carbocycles. The number of aromatic hydroxyl groups is 1. The first kappa shape index (κ1) is 13.4. The maximum absolute atomic E-state index is 9.98. The standard InChI is InChI=1S/C19H25NO/c1-2-10-20-11-9-19-8-4-3-5-16(19)18(20)12-14-6-7-15(21)13-17(14)19/h2,6-7,13,16,18,21H,1,3-5,8-12H2/t16-,18-,19-/m1/s1. The average Bonchev–Trinajstić information content (AvgIpc) is 2.51. The van der Waals surface area contributed by atoms with Gasteiger partial charge < -0.3 is 5.11 Å². The minimum absolute atomic E-state index is 0.340. The molecule has 2 heteroatoms. The summed E-state index contributed by atoms with van der Waals surface area (Å²) in [6, 6.07) is 6.79. The van der Waals surface area contributed by atoms with Gasteiger partial charge >= 0.3 is 0 Å². The zero-order valence-corrected chi connectivity index (χ0v) is 12.7. The lowest BCUT2D eigenvalue weighted by molar-refractivity contribution is -0.00517. The lowest BCUT2D eigenvalue weighted by Crippen LogP contribution is -2.60. The zero-order valence-electron chi connectivity index (χ0n) is 12.7. The molecule has 2 bridgehead atoms. The molecule has 0 unspecified atom stereocenters. The topological polar surface area (TPSA) is 23.5 Å². The second-order valence-corrected chi connectivity index (χ2v) is 7.15. The highest BCUT2D eigenvalue weighted by Crippen LogP contribution is 2.56. The molecule has 1 aromatic carbocycles. The summed E-state index contributed by atoms with van der Waals surface area (Å²) in [5.74, 6) is 1.22. The number of benzene rings is 1. The van der Waals surface area contributed by atoms with Crippen molar-refractivity contribution in [2.24, 2.45) is 5.92 Å². The summed E-state index contributed by atoms with van der Waals surface area (Å²) in [7, 11) is 0. The van der Waals surface area contributed by atoms with Crippen molar-refractivity contribution in [3.05, 3.63) is 42.0 Å². The first-order valence-corrected chi connectivity index (χ1v) is 8.42. The molecule has 1 aliphatic heterocycles.